The maximum absolute atomic E-state index is 13.4. The molecule has 1 atom stereocenters. The lowest BCUT2D eigenvalue weighted by atomic mass is 9.88. The molecule has 3 aromatic rings. The number of carbonyl (C=O) groups is 1. The van der Waals surface area contributed by atoms with Crippen LogP contribution < -0.4 is 0 Å². The number of fused-ring (bicyclic) bond motifs is 1. The first kappa shape index (κ1) is 15.9. The van der Waals surface area contributed by atoms with Gasteiger partial charge in [0.05, 0.1) is 0 Å². The van der Waals surface area contributed by atoms with Crippen molar-refractivity contribution in [3.8, 4) is 0 Å². The van der Waals surface area contributed by atoms with Crippen molar-refractivity contribution in [2.45, 2.75) is 25.2 Å². The number of nitrogens with zero attached hydrogens (tertiary/aromatic N) is 1. The van der Waals surface area contributed by atoms with Crippen molar-refractivity contribution in [3.63, 3.8) is 0 Å². The Balaban J connectivity index is 1.72. The van der Waals surface area contributed by atoms with Gasteiger partial charge in [0.1, 0.15) is 5.82 Å². The molecule has 0 radical (unpaired) electrons. The van der Waals surface area contributed by atoms with Gasteiger partial charge in [-0.3, -0.25) is 4.79 Å². The van der Waals surface area contributed by atoms with Gasteiger partial charge < -0.3 is 9.88 Å². The van der Waals surface area contributed by atoms with Crippen molar-refractivity contribution in [2.24, 2.45) is 0 Å². The summed E-state index contributed by atoms with van der Waals surface area (Å²) in [5.41, 5.74) is 3.12. The Hall–Kier alpha value is -2.62. The number of nitrogens with one attached hydrogen (secondary N) is 1. The summed E-state index contributed by atoms with van der Waals surface area (Å²) in [6.07, 6.45) is 4.56. The van der Waals surface area contributed by atoms with Crippen LogP contribution >= 0.6 is 0 Å². The molecule has 0 unspecified atom stereocenters. The molecular weight excluding hydrogens is 315 g/mol. The van der Waals surface area contributed by atoms with Crippen LogP contribution in [0.4, 0.5) is 4.39 Å². The normalized spacial score (nSPS) is 15.6. The van der Waals surface area contributed by atoms with Crippen LogP contribution in [-0.2, 0) is 4.79 Å². The molecule has 1 amide bonds. The monoisotopic (exact) mass is 336 g/mol. The maximum Gasteiger partial charge on any atom is 0.223 e. The molecular formula is C21H21FN2O. The summed E-state index contributed by atoms with van der Waals surface area (Å²) in [6.45, 7) is 1.70. The largest absolute Gasteiger partial charge is 0.361 e. The summed E-state index contributed by atoms with van der Waals surface area (Å²) in [5.74, 6) is -0.158. The van der Waals surface area contributed by atoms with Crippen LogP contribution in [0.25, 0.3) is 10.9 Å². The Morgan fingerprint density at radius 3 is 2.56 bits per heavy atom. The Labute approximate surface area is 146 Å². The lowest BCUT2D eigenvalue weighted by Crippen LogP contribution is -2.29. The molecule has 1 aromatic heterocycles. The molecule has 1 saturated heterocycles. The van der Waals surface area contributed by atoms with Crippen LogP contribution in [0.3, 0.4) is 0 Å². The minimum absolute atomic E-state index is 0.0788. The number of likely N-dealkylation sites (tertiary alicyclic amines) is 1. The van der Waals surface area contributed by atoms with Gasteiger partial charge in [-0.2, -0.15) is 0 Å². The Bertz CT molecular complexity index is 878. The highest BCUT2D eigenvalue weighted by Gasteiger charge is 2.25. The van der Waals surface area contributed by atoms with Gasteiger partial charge in [0.15, 0.2) is 0 Å². The number of para-hydroxylation sites is 1. The van der Waals surface area contributed by atoms with E-state index in [-0.39, 0.29) is 17.6 Å². The molecule has 1 N–H and O–H groups in total. The third-order valence-corrected chi connectivity index (χ3v) is 5.11. The number of amides is 1. The maximum atomic E-state index is 13.4. The third-order valence-electron chi connectivity index (χ3n) is 5.11. The van der Waals surface area contributed by atoms with E-state index in [9.17, 15) is 9.18 Å². The Morgan fingerprint density at radius 2 is 1.80 bits per heavy atom. The van der Waals surface area contributed by atoms with Gasteiger partial charge in [0.2, 0.25) is 5.91 Å². The number of H-pyrrole nitrogens is 1. The first-order valence-electron chi connectivity index (χ1n) is 8.81. The van der Waals surface area contributed by atoms with Gasteiger partial charge in [-0.15, -0.1) is 0 Å². The lowest BCUT2D eigenvalue weighted by molar-refractivity contribution is -0.130. The Morgan fingerprint density at radius 1 is 1.08 bits per heavy atom. The number of hydrogen-bond donors (Lipinski definition) is 1. The van der Waals surface area contributed by atoms with Crippen LogP contribution in [0.2, 0.25) is 0 Å². The van der Waals surface area contributed by atoms with Gasteiger partial charge in [-0.1, -0.05) is 30.3 Å². The molecule has 2 heterocycles. The van der Waals surface area contributed by atoms with Crippen LogP contribution in [0.5, 0.6) is 0 Å². The first-order valence-corrected chi connectivity index (χ1v) is 8.81. The van der Waals surface area contributed by atoms with E-state index >= 15 is 0 Å². The predicted molar refractivity (Wildman–Crippen MR) is 97.0 cm³/mol. The van der Waals surface area contributed by atoms with Crippen LogP contribution in [0, 0.1) is 5.82 Å². The average molecular weight is 336 g/mol. The molecule has 3 nitrogen and oxygen atoms in total. The quantitative estimate of drug-likeness (QED) is 0.751. The molecule has 128 valence electrons. The van der Waals surface area contributed by atoms with Crippen molar-refractivity contribution < 1.29 is 9.18 Å². The number of hydrogen-bond acceptors (Lipinski definition) is 1. The number of aromatic nitrogens is 1. The second-order valence-electron chi connectivity index (χ2n) is 6.69. The molecule has 25 heavy (non-hydrogen) atoms. The molecule has 4 rings (SSSR count). The predicted octanol–water partition coefficient (Wildman–Crippen LogP) is 4.45. The lowest BCUT2D eigenvalue weighted by Gasteiger charge is -2.21. The minimum Gasteiger partial charge on any atom is -0.361 e. The number of halogens is 1. The summed E-state index contributed by atoms with van der Waals surface area (Å²) < 4.78 is 13.4. The van der Waals surface area contributed by atoms with Gasteiger partial charge in [0, 0.05) is 42.5 Å². The SMILES string of the molecule is O=C(C[C@H](c1ccc(F)cc1)c1c[nH]c2ccccc12)N1CCCC1. The highest BCUT2D eigenvalue weighted by Crippen LogP contribution is 2.34. The highest BCUT2D eigenvalue weighted by atomic mass is 19.1. The van der Waals surface area contributed by atoms with Crippen LogP contribution in [-0.4, -0.2) is 28.9 Å². The second kappa shape index (κ2) is 6.71. The topological polar surface area (TPSA) is 36.1 Å². The van der Waals surface area contributed by atoms with Crippen molar-refractivity contribution in [1.29, 1.82) is 0 Å². The fourth-order valence-electron chi connectivity index (χ4n) is 3.75. The smallest absolute Gasteiger partial charge is 0.223 e. The molecule has 1 aliphatic rings. The summed E-state index contributed by atoms with van der Waals surface area (Å²) >= 11 is 0. The zero-order valence-electron chi connectivity index (χ0n) is 14.0. The van der Waals surface area contributed by atoms with Crippen molar-refractivity contribution in [1.82, 2.24) is 9.88 Å². The van der Waals surface area contributed by atoms with Gasteiger partial charge in [0.25, 0.3) is 0 Å². The minimum atomic E-state index is -0.257. The molecule has 4 heteroatoms. The zero-order valence-corrected chi connectivity index (χ0v) is 14.0. The fourth-order valence-corrected chi connectivity index (χ4v) is 3.75. The van der Waals surface area contributed by atoms with E-state index in [0.717, 1.165) is 48.0 Å². The summed E-state index contributed by atoms with van der Waals surface area (Å²) in [7, 11) is 0. The molecule has 0 aliphatic carbocycles. The van der Waals surface area contributed by atoms with E-state index in [1.165, 1.54) is 12.1 Å². The summed E-state index contributed by atoms with van der Waals surface area (Å²) in [6, 6.07) is 14.6. The first-order chi connectivity index (χ1) is 12.2. The van der Waals surface area contributed by atoms with Crippen molar-refractivity contribution in [3.05, 3.63) is 71.7 Å². The average Bonchev–Trinajstić information content (AvgIpc) is 3.30. The van der Waals surface area contributed by atoms with Crippen LogP contribution in [0.15, 0.2) is 54.7 Å². The van der Waals surface area contributed by atoms with Crippen molar-refractivity contribution >= 4 is 16.8 Å². The van der Waals surface area contributed by atoms with E-state index in [4.69, 9.17) is 0 Å². The van der Waals surface area contributed by atoms with Gasteiger partial charge in [-0.25, -0.2) is 4.39 Å². The zero-order chi connectivity index (χ0) is 17.2. The van der Waals surface area contributed by atoms with Gasteiger partial charge >= 0.3 is 0 Å². The number of carbonyl (C=O) groups excluding carboxylic acids is 1. The summed E-state index contributed by atoms with van der Waals surface area (Å²) in [4.78, 5) is 18.0. The highest BCUT2D eigenvalue weighted by molar-refractivity contribution is 5.86. The second-order valence-corrected chi connectivity index (χ2v) is 6.69. The number of rotatable bonds is 4. The third kappa shape index (κ3) is 3.16. The van der Waals surface area contributed by atoms with E-state index in [1.54, 1.807) is 12.1 Å². The summed E-state index contributed by atoms with van der Waals surface area (Å²) in [5, 5.41) is 1.12. The molecule has 0 spiro atoms. The van der Waals surface area contributed by atoms with E-state index in [1.807, 2.05) is 29.3 Å². The standard InChI is InChI=1S/C21H21FN2O/c22-16-9-7-15(8-10-16)18(13-21(25)24-11-3-4-12-24)19-14-23-20-6-2-1-5-17(19)20/h1-2,5-10,14,18,23H,3-4,11-13H2/t18-/m1/s1. The van der Waals surface area contributed by atoms with E-state index in [2.05, 4.69) is 11.1 Å². The fraction of sp³-hybridized carbons (Fsp3) is 0.286. The molecule has 1 fully saturated rings. The van der Waals surface area contributed by atoms with Gasteiger partial charge in [-0.05, 0) is 42.2 Å². The van der Waals surface area contributed by atoms with Crippen molar-refractivity contribution in [2.75, 3.05) is 13.1 Å². The van der Waals surface area contributed by atoms with Crippen LogP contribution in [0.1, 0.15) is 36.3 Å². The molecule has 0 bridgehead atoms. The van der Waals surface area contributed by atoms with E-state index in [0.29, 0.717) is 6.42 Å². The number of aromatic amines is 1. The Kier molecular flexibility index (Phi) is 4.26. The van der Waals surface area contributed by atoms with E-state index < -0.39 is 0 Å². The molecule has 2 aromatic carbocycles. The molecule has 1 aliphatic heterocycles. The molecule has 0 saturated carbocycles. The number of benzene rings is 2.